The minimum atomic E-state index is -1.03. The third-order valence-electron chi connectivity index (χ3n) is 4.16. The van der Waals surface area contributed by atoms with E-state index in [1.807, 2.05) is 24.3 Å². The molecule has 2 N–H and O–H groups in total. The average Bonchev–Trinajstić information content (AvgIpc) is 3.06. The van der Waals surface area contributed by atoms with Gasteiger partial charge >= 0.3 is 11.9 Å². The van der Waals surface area contributed by atoms with Crippen LogP contribution in [0.3, 0.4) is 0 Å². The molecule has 1 fully saturated rings. The van der Waals surface area contributed by atoms with Crippen LogP contribution in [0, 0.1) is 5.92 Å². The molecule has 7 heteroatoms. The minimum Gasteiger partial charge on any atom is -0.481 e. The molecule has 3 rings (SSSR count). The first-order valence-electron chi connectivity index (χ1n) is 7.76. The first kappa shape index (κ1) is 16.6. The summed E-state index contributed by atoms with van der Waals surface area (Å²) >= 11 is 1.31. The van der Waals surface area contributed by atoms with Crippen molar-refractivity contribution in [2.45, 2.75) is 19.4 Å². The zero-order valence-electron chi connectivity index (χ0n) is 13.0. The summed E-state index contributed by atoms with van der Waals surface area (Å²) in [5, 5.41) is 20.4. The highest BCUT2D eigenvalue weighted by Crippen LogP contribution is 2.26. The second-order valence-corrected chi connectivity index (χ2v) is 6.81. The molecule has 126 valence electrons. The molecule has 1 aromatic heterocycles. The van der Waals surface area contributed by atoms with Crippen molar-refractivity contribution >= 4 is 23.3 Å². The molecule has 1 aliphatic rings. The molecule has 1 unspecified atom stereocenters. The quantitative estimate of drug-likeness (QED) is 0.865. The Morgan fingerprint density at radius 2 is 2.17 bits per heavy atom. The third kappa shape index (κ3) is 3.80. The van der Waals surface area contributed by atoms with Gasteiger partial charge in [-0.15, -0.1) is 11.3 Å². The number of nitrogens with zero attached hydrogens (tertiary/aromatic N) is 2. The van der Waals surface area contributed by atoms with E-state index >= 15 is 0 Å². The lowest BCUT2D eigenvalue weighted by Gasteiger charge is -2.30. The van der Waals surface area contributed by atoms with Crippen LogP contribution in [0.1, 0.15) is 28.9 Å². The van der Waals surface area contributed by atoms with Gasteiger partial charge in [-0.05, 0) is 31.0 Å². The van der Waals surface area contributed by atoms with Crippen LogP contribution < -0.4 is 0 Å². The van der Waals surface area contributed by atoms with Gasteiger partial charge < -0.3 is 10.2 Å². The van der Waals surface area contributed by atoms with E-state index in [4.69, 9.17) is 5.11 Å². The standard InChI is InChI=1S/C17H18N2O4S/c20-16(21)13-5-2-6-19(9-13)8-11-3-1-4-12(7-11)15-18-14(10-24-15)17(22)23/h1,3-4,7,10,13H,2,5-6,8-9H2,(H,20,21)(H,22,23). The number of carbonyl (C=O) groups is 2. The Balaban J connectivity index is 1.73. The Morgan fingerprint density at radius 3 is 2.88 bits per heavy atom. The Hall–Kier alpha value is -2.25. The summed E-state index contributed by atoms with van der Waals surface area (Å²) < 4.78 is 0. The van der Waals surface area contributed by atoms with Gasteiger partial charge in [0.25, 0.3) is 0 Å². The number of aromatic carboxylic acids is 1. The molecular formula is C17H18N2O4S. The van der Waals surface area contributed by atoms with E-state index in [-0.39, 0.29) is 11.6 Å². The number of hydrogen-bond acceptors (Lipinski definition) is 5. The van der Waals surface area contributed by atoms with E-state index in [0.29, 0.717) is 18.1 Å². The summed E-state index contributed by atoms with van der Waals surface area (Å²) in [7, 11) is 0. The molecule has 2 aromatic rings. The van der Waals surface area contributed by atoms with Gasteiger partial charge in [0.05, 0.1) is 5.92 Å². The maximum absolute atomic E-state index is 11.2. The van der Waals surface area contributed by atoms with Crippen LogP contribution >= 0.6 is 11.3 Å². The zero-order valence-corrected chi connectivity index (χ0v) is 13.8. The number of likely N-dealkylation sites (tertiary alicyclic amines) is 1. The molecule has 1 atom stereocenters. The number of aromatic nitrogens is 1. The van der Waals surface area contributed by atoms with Crippen molar-refractivity contribution in [3.05, 3.63) is 40.9 Å². The van der Waals surface area contributed by atoms with Gasteiger partial charge in [-0.1, -0.05) is 18.2 Å². The molecule has 0 radical (unpaired) electrons. The van der Waals surface area contributed by atoms with Crippen molar-refractivity contribution in [1.29, 1.82) is 0 Å². The average molecular weight is 346 g/mol. The van der Waals surface area contributed by atoms with Crippen LogP contribution in [0.4, 0.5) is 0 Å². The molecule has 1 saturated heterocycles. The first-order chi connectivity index (χ1) is 11.5. The molecule has 2 heterocycles. The van der Waals surface area contributed by atoms with Crippen molar-refractivity contribution in [2.75, 3.05) is 13.1 Å². The summed E-state index contributed by atoms with van der Waals surface area (Å²) in [4.78, 5) is 28.4. The van der Waals surface area contributed by atoms with Crippen LogP contribution in [0.15, 0.2) is 29.6 Å². The Kier molecular flexibility index (Phi) is 4.92. The molecule has 0 spiro atoms. The zero-order chi connectivity index (χ0) is 17.1. The monoisotopic (exact) mass is 346 g/mol. The smallest absolute Gasteiger partial charge is 0.355 e. The van der Waals surface area contributed by atoms with Gasteiger partial charge in [0.15, 0.2) is 5.69 Å². The maximum atomic E-state index is 11.2. The topological polar surface area (TPSA) is 90.7 Å². The minimum absolute atomic E-state index is 0.0562. The van der Waals surface area contributed by atoms with E-state index in [2.05, 4.69) is 9.88 Å². The number of rotatable bonds is 5. The summed E-state index contributed by atoms with van der Waals surface area (Å²) in [6.07, 6.45) is 1.63. The highest BCUT2D eigenvalue weighted by atomic mass is 32.1. The van der Waals surface area contributed by atoms with Crippen molar-refractivity contribution in [3.8, 4) is 10.6 Å². The lowest BCUT2D eigenvalue weighted by molar-refractivity contribution is -0.143. The lowest BCUT2D eigenvalue weighted by atomic mass is 9.98. The van der Waals surface area contributed by atoms with Crippen molar-refractivity contribution in [3.63, 3.8) is 0 Å². The predicted octanol–water partition coefficient (Wildman–Crippen LogP) is 2.80. The molecule has 0 amide bonds. The Bertz CT molecular complexity index is 759. The fraction of sp³-hybridized carbons (Fsp3) is 0.353. The fourth-order valence-electron chi connectivity index (χ4n) is 2.97. The molecule has 0 bridgehead atoms. The first-order valence-corrected chi connectivity index (χ1v) is 8.64. The summed E-state index contributed by atoms with van der Waals surface area (Å²) in [5.41, 5.74) is 2.02. The van der Waals surface area contributed by atoms with Crippen LogP contribution in [-0.4, -0.2) is 45.1 Å². The number of thiazole rings is 1. The van der Waals surface area contributed by atoms with Gasteiger partial charge in [-0.3, -0.25) is 9.69 Å². The van der Waals surface area contributed by atoms with Gasteiger partial charge in [0.2, 0.25) is 0 Å². The molecule has 1 aliphatic heterocycles. The number of aliphatic carboxylic acids is 1. The second-order valence-electron chi connectivity index (χ2n) is 5.96. The van der Waals surface area contributed by atoms with Crippen LogP contribution in [0.2, 0.25) is 0 Å². The molecule has 0 saturated carbocycles. The van der Waals surface area contributed by atoms with Crippen molar-refractivity contribution in [1.82, 2.24) is 9.88 Å². The van der Waals surface area contributed by atoms with Crippen LogP contribution in [0.25, 0.3) is 10.6 Å². The molecular weight excluding hydrogens is 328 g/mol. The summed E-state index contributed by atoms with van der Waals surface area (Å²) in [6.45, 7) is 2.16. The van der Waals surface area contributed by atoms with Gasteiger partial charge in [-0.2, -0.15) is 0 Å². The number of benzene rings is 1. The van der Waals surface area contributed by atoms with E-state index in [1.54, 1.807) is 0 Å². The van der Waals surface area contributed by atoms with E-state index in [0.717, 1.165) is 30.5 Å². The van der Waals surface area contributed by atoms with E-state index in [9.17, 15) is 14.7 Å². The third-order valence-corrected chi connectivity index (χ3v) is 5.05. The number of carboxylic acids is 2. The molecule has 1 aromatic carbocycles. The number of hydrogen-bond donors (Lipinski definition) is 2. The largest absolute Gasteiger partial charge is 0.481 e. The Morgan fingerprint density at radius 1 is 1.33 bits per heavy atom. The van der Waals surface area contributed by atoms with E-state index < -0.39 is 11.9 Å². The van der Waals surface area contributed by atoms with Crippen molar-refractivity contribution in [2.24, 2.45) is 5.92 Å². The normalized spacial score (nSPS) is 18.4. The van der Waals surface area contributed by atoms with Crippen LogP contribution in [-0.2, 0) is 11.3 Å². The molecule has 6 nitrogen and oxygen atoms in total. The highest BCUT2D eigenvalue weighted by molar-refractivity contribution is 7.13. The van der Waals surface area contributed by atoms with Gasteiger partial charge in [-0.25, -0.2) is 9.78 Å². The van der Waals surface area contributed by atoms with Gasteiger partial charge in [0, 0.05) is 24.0 Å². The fourth-order valence-corrected chi connectivity index (χ4v) is 3.76. The highest BCUT2D eigenvalue weighted by Gasteiger charge is 2.25. The maximum Gasteiger partial charge on any atom is 0.355 e. The van der Waals surface area contributed by atoms with Gasteiger partial charge in [0.1, 0.15) is 5.01 Å². The molecule has 24 heavy (non-hydrogen) atoms. The van der Waals surface area contributed by atoms with Crippen LogP contribution in [0.5, 0.6) is 0 Å². The number of carboxylic acid groups (broad SMARTS) is 2. The lowest BCUT2D eigenvalue weighted by Crippen LogP contribution is -2.38. The summed E-state index contributed by atoms with van der Waals surface area (Å²) in [5.74, 6) is -2.04. The SMILES string of the molecule is O=C(O)c1csc(-c2cccc(CN3CCCC(C(=O)O)C3)c2)n1. The second kappa shape index (κ2) is 7.11. The Labute approximate surface area is 143 Å². The predicted molar refractivity (Wildman–Crippen MR) is 90.1 cm³/mol. The summed E-state index contributed by atoms with van der Waals surface area (Å²) in [6, 6.07) is 7.82. The van der Waals surface area contributed by atoms with Crippen molar-refractivity contribution < 1.29 is 19.8 Å². The number of piperidine rings is 1. The molecule has 0 aliphatic carbocycles. The van der Waals surface area contributed by atoms with E-state index in [1.165, 1.54) is 16.7 Å².